The van der Waals surface area contributed by atoms with Crippen LogP contribution in [0.15, 0.2) is 21.8 Å². The number of rotatable bonds is 4. The van der Waals surface area contributed by atoms with Crippen molar-refractivity contribution in [2.24, 2.45) is 10.4 Å². The summed E-state index contributed by atoms with van der Waals surface area (Å²) < 4.78 is 0. The van der Waals surface area contributed by atoms with Crippen molar-refractivity contribution >= 4 is 17.3 Å². The highest BCUT2D eigenvalue weighted by molar-refractivity contribution is 7.07. The summed E-state index contributed by atoms with van der Waals surface area (Å²) in [5, 5.41) is 7.86. The van der Waals surface area contributed by atoms with E-state index >= 15 is 0 Å². The van der Waals surface area contributed by atoms with E-state index in [1.54, 1.807) is 11.3 Å². The highest BCUT2D eigenvalue weighted by Gasteiger charge is 2.28. The largest absolute Gasteiger partial charge is 0.356 e. The molecule has 0 unspecified atom stereocenters. The Hall–Kier alpha value is -1.03. The van der Waals surface area contributed by atoms with Crippen LogP contribution in [0.2, 0.25) is 0 Å². The lowest BCUT2D eigenvalue weighted by Gasteiger charge is -2.28. The summed E-state index contributed by atoms with van der Waals surface area (Å²) in [6.07, 6.45) is 5.43. The van der Waals surface area contributed by atoms with Crippen molar-refractivity contribution in [3.05, 3.63) is 22.4 Å². The Bertz CT molecular complexity index is 405. The first kappa shape index (κ1) is 14.4. The van der Waals surface area contributed by atoms with Crippen molar-refractivity contribution in [1.29, 1.82) is 0 Å². The summed E-state index contributed by atoms with van der Waals surface area (Å²) in [6, 6.07) is 2.17. The third kappa shape index (κ3) is 3.96. The van der Waals surface area contributed by atoms with Gasteiger partial charge in [0.25, 0.3) is 0 Å². The van der Waals surface area contributed by atoms with Crippen molar-refractivity contribution in [1.82, 2.24) is 10.2 Å². The van der Waals surface area contributed by atoms with Crippen LogP contribution in [0.25, 0.3) is 0 Å². The number of thiophene rings is 1. The Morgan fingerprint density at radius 3 is 2.79 bits per heavy atom. The third-order valence-electron chi connectivity index (χ3n) is 4.06. The molecule has 3 nitrogen and oxygen atoms in total. The summed E-state index contributed by atoms with van der Waals surface area (Å²) >= 11 is 1.75. The van der Waals surface area contributed by atoms with Gasteiger partial charge in [0, 0.05) is 27.2 Å². The topological polar surface area (TPSA) is 27.6 Å². The number of hydrogen-bond donors (Lipinski definition) is 1. The second-order valence-electron chi connectivity index (χ2n) is 5.91. The number of hydrogen-bond acceptors (Lipinski definition) is 2. The minimum atomic E-state index is 0.458. The summed E-state index contributed by atoms with van der Waals surface area (Å²) in [7, 11) is 3.97. The Labute approximate surface area is 120 Å². The quantitative estimate of drug-likeness (QED) is 0.676. The second-order valence-corrected chi connectivity index (χ2v) is 6.69. The van der Waals surface area contributed by atoms with Crippen molar-refractivity contribution in [2.45, 2.75) is 39.2 Å². The monoisotopic (exact) mass is 279 g/mol. The van der Waals surface area contributed by atoms with E-state index in [9.17, 15) is 0 Å². The molecule has 0 spiro atoms. The fourth-order valence-corrected chi connectivity index (χ4v) is 3.47. The molecule has 1 aromatic rings. The van der Waals surface area contributed by atoms with Crippen LogP contribution in [0.5, 0.6) is 0 Å². The molecular weight excluding hydrogens is 254 g/mol. The first-order valence-corrected chi connectivity index (χ1v) is 8.00. The fourth-order valence-electron chi connectivity index (χ4n) is 2.81. The van der Waals surface area contributed by atoms with Gasteiger partial charge in [-0.05, 0) is 40.6 Å². The lowest BCUT2D eigenvalue weighted by molar-refractivity contribution is 0.327. The van der Waals surface area contributed by atoms with Crippen LogP contribution in [-0.2, 0) is 6.54 Å². The van der Waals surface area contributed by atoms with Crippen LogP contribution in [0.3, 0.4) is 0 Å². The summed E-state index contributed by atoms with van der Waals surface area (Å²) in [5.41, 5.74) is 1.81. The van der Waals surface area contributed by atoms with Crippen molar-refractivity contribution in [2.75, 3.05) is 20.6 Å². The maximum Gasteiger partial charge on any atom is 0.193 e. The molecule has 1 aliphatic carbocycles. The van der Waals surface area contributed by atoms with Gasteiger partial charge in [0.2, 0.25) is 0 Å². The molecule has 0 radical (unpaired) electrons. The van der Waals surface area contributed by atoms with E-state index in [4.69, 9.17) is 0 Å². The average Bonchev–Trinajstić information content (AvgIpc) is 3.02. The van der Waals surface area contributed by atoms with Gasteiger partial charge in [-0.1, -0.05) is 19.8 Å². The zero-order valence-corrected chi connectivity index (χ0v) is 13.1. The molecule has 0 aliphatic heterocycles. The van der Waals surface area contributed by atoms with Gasteiger partial charge in [-0.15, -0.1) is 0 Å². The molecule has 0 amide bonds. The summed E-state index contributed by atoms with van der Waals surface area (Å²) in [4.78, 5) is 6.59. The standard InChI is InChI=1S/C15H25N3S/c1-15(7-4-5-8-15)12-17-14(16-2)18(3)10-13-6-9-19-11-13/h6,9,11H,4-5,7-8,10,12H2,1-3H3,(H,16,17). The predicted molar refractivity (Wildman–Crippen MR) is 83.7 cm³/mol. The predicted octanol–water partition coefficient (Wildman–Crippen LogP) is 3.34. The van der Waals surface area contributed by atoms with Crippen LogP contribution in [0.4, 0.5) is 0 Å². The van der Waals surface area contributed by atoms with Crippen LogP contribution in [0, 0.1) is 5.41 Å². The minimum Gasteiger partial charge on any atom is -0.356 e. The molecule has 0 bridgehead atoms. The average molecular weight is 279 g/mol. The van der Waals surface area contributed by atoms with E-state index in [0.29, 0.717) is 5.41 Å². The minimum absolute atomic E-state index is 0.458. The third-order valence-corrected chi connectivity index (χ3v) is 4.79. The number of nitrogens with one attached hydrogen (secondary N) is 1. The zero-order chi connectivity index (χ0) is 13.7. The van der Waals surface area contributed by atoms with E-state index in [0.717, 1.165) is 19.0 Å². The zero-order valence-electron chi connectivity index (χ0n) is 12.3. The van der Waals surface area contributed by atoms with Gasteiger partial charge in [0.15, 0.2) is 5.96 Å². The lowest BCUT2D eigenvalue weighted by atomic mass is 9.89. The SMILES string of the molecule is CN=C(NCC1(C)CCCC1)N(C)Cc1ccsc1. The molecule has 1 fully saturated rings. The highest BCUT2D eigenvalue weighted by atomic mass is 32.1. The Kier molecular flexibility index (Phi) is 4.86. The summed E-state index contributed by atoms with van der Waals surface area (Å²) in [5.74, 6) is 0.999. The fraction of sp³-hybridized carbons (Fsp3) is 0.667. The molecule has 19 heavy (non-hydrogen) atoms. The van der Waals surface area contributed by atoms with E-state index < -0.39 is 0 Å². The van der Waals surface area contributed by atoms with Gasteiger partial charge >= 0.3 is 0 Å². The first-order valence-electron chi connectivity index (χ1n) is 7.06. The number of guanidine groups is 1. The highest BCUT2D eigenvalue weighted by Crippen LogP contribution is 2.36. The smallest absolute Gasteiger partial charge is 0.193 e. The van der Waals surface area contributed by atoms with Gasteiger partial charge in [0.05, 0.1) is 0 Å². The molecule has 1 saturated carbocycles. The lowest BCUT2D eigenvalue weighted by Crippen LogP contribution is -2.42. The molecular formula is C15H25N3S. The molecule has 0 saturated heterocycles. The molecule has 4 heteroatoms. The molecule has 2 rings (SSSR count). The van der Waals surface area contributed by atoms with E-state index in [-0.39, 0.29) is 0 Å². The van der Waals surface area contributed by atoms with E-state index in [2.05, 4.69) is 46.0 Å². The van der Waals surface area contributed by atoms with Crippen LogP contribution in [-0.4, -0.2) is 31.5 Å². The normalized spacial score (nSPS) is 18.6. The van der Waals surface area contributed by atoms with Crippen molar-refractivity contribution < 1.29 is 0 Å². The molecule has 1 N–H and O–H groups in total. The Morgan fingerprint density at radius 2 is 2.21 bits per heavy atom. The molecule has 0 atom stereocenters. The van der Waals surface area contributed by atoms with Gasteiger partial charge in [-0.3, -0.25) is 4.99 Å². The van der Waals surface area contributed by atoms with Crippen molar-refractivity contribution in [3.8, 4) is 0 Å². The second kappa shape index (κ2) is 6.42. The molecule has 106 valence electrons. The van der Waals surface area contributed by atoms with Gasteiger partial charge in [-0.2, -0.15) is 11.3 Å². The number of aliphatic imine (C=N–C) groups is 1. The van der Waals surface area contributed by atoms with Crippen LogP contribution < -0.4 is 5.32 Å². The first-order chi connectivity index (χ1) is 9.13. The van der Waals surface area contributed by atoms with E-state index in [1.165, 1.54) is 31.2 Å². The van der Waals surface area contributed by atoms with Gasteiger partial charge < -0.3 is 10.2 Å². The van der Waals surface area contributed by atoms with Gasteiger partial charge in [-0.25, -0.2) is 0 Å². The molecule has 0 aromatic carbocycles. The van der Waals surface area contributed by atoms with Crippen LogP contribution >= 0.6 is 11.3 Å². The Balaban J connectivity index is 1.85. The molecule has 1 heterocycles. The van der Waals surface area contributed by atoms with Crippen LogP contribution in [0.1, 0.15) is 38.2 Å². The molecule has 1 aliphatic rings. The molecule has 1 aromatic heterocycles. The Morgan fingerprint density at radius 1 is 1.47 bits per heavy atom. The van der Waals surface area contributed by atoms with E-state index in [1.807, 2.05) is 7.05 Å². The maximum absolute atomic E-state index is 4.40. The number of nitrogens with zero attached hydrogens (tertiary/aromatic N) is 2. The van der Waals surface area contributed by atoms with Gasteiger partial charge in [0.1, 0.15) is 0 Å². The maximum atomic E-state index is 4.40. The summed E-state index contributed by atoms with van der Waals surface area (Å²) in [6.45, 7) is 4.34. The van der Waals surface area contributed by atoms with Crippen molar-refractivity contribution in [3.63, 3.8) is 0 Å².